The van der Waals surface area contributed by atoms with Crippen molar-refractivity contribution in [1.82, 2.24) is 30.0 Å². The SMILES string of the molecule is CCN1CCN(C(=O)N[C@H]2CCN(C)C2=O)C[C@H]1c1ncc[nH]1. The molecular weight excluding hydrogens is 296 g/mol. The summed E-state index contributed by atoms with van der Waals surface area (Å²) in [6.45, 7) is 5.75. The lowest BCUT2D eigenvalue weighted by Gasteiger charge is -2.40. The Morgan fingerprint density at radius 3 is 2.87 bits per heavy atom. The van der Waals surface area contributed by atoms with E-state index < -0.39 is 6.04 Å². The van der Waals surface area contributed by atoms with Crippen LogP contribution < -0.4 is 5.32 Å². The fourth-order valence-electron chi connectivity index (χ4n) is 3.30. The molecule has 0 spiro atoms. The number of hydrogen-bond donors (Lipinski definition) is 2. The molecular formula is C15H24N6O2. The van der Waals surface area contributed by atoms with Crippen molar-refractivity contribution in [3.8, 4) is 0 Å². The molecule has 0 bridgehead atoms. The van der Waals surface area contributed by atoms with Crippen molar-refractivity contribution in [2.24, 2.45) is 0 Å². The summed E-state index contributed by atoms with van der Waals surface area (Å²) in [5, 5.41) is 2.87. The molecule has 0 aromatic carbocycles. The van der Waals surface area contributed by atoms with Crippen LogP contribution in [0.1, 0.15) is 25.2 Å². The Hall–Kier alpha value is -2.09. The van der Waals surface area contributed by atoms with Gasteiger partial charge in [-0.2, -0.15) is 0 Å². The van der Waals surface area contributed by atoms with Gasteiger partial charge in [0, 0.05) is 45.6 Å². The molecule has 1 aromatic heterocycles. The number of H-pyrrole nitrogens is 1. The first-order valence-electron chi connectivity index (χ1n) is 8.14. The second kappa shape index (κ2) is 6.57. The third kappa shape index (κ3) is 3.17. The van der Waals surface area contributed by atoms with Gasteiger partial charge in [0.2, 0.25) is 5.91 Å². The molecule has 2 atom stereocenters. The first kappa shape index (κ1) is 15.8. The van der Waals surface area contributed by atoms with Gasteiger partial charge in [-0.25, -0.2) is 9.78 Å². The highest BCUT2D eigenvalue weighted by molar-refractivity contribution is 5.88. The third-order valence-corrected chi connectivity index (χ3v) is 4.74. The largest absolute Gasteiger partial charge is 0.347 e. The summed E-state index contributed by atoms with van der Waals surface area (Å²) in [6, 6.07) is -0.485. The lowest BCUT2D eigenvalue weighted by molar-refractivity contribution is -0.128. The van der Waals surface area contributed by atoms with E-state index in [1.54, 1.807) is 29.2 Å². The van der Waals surface area contributed by atoms with E-state index >= 15 is 0 Å². The van der Waals surface area contributed by atoms with Gasteiger partial charge in [-0.1, -0.05) is 6.92 Å². The number of likely N-dealkylation sites (tertiary alicyclic amines) is 1. The van der Waals surface area contributed by atoms with Gasteiger partial charge in [-0.05, 0) is 13.0 Å². The van der Waals surface area contributed by atoms with E-state index in [1.807, 2.05) is 0 Å². The molecule has 8 heteroatoms. The van der Waals surface area contributed by atoms with E-state index in [4.69, 9.17) is 0 Å². The fourth-order valence-corrected chi connectivity index (χ4v) is 3.30. The number of piperazine rings is 1. The van der Waals surface area contributed by atoms with Gasteiger partial charge >= 0.3 is 6.03 Å². The van der Waals surface area contributed by atoms with Crippen LogP contribution in [0.3, 0.4) is 0 Å². The molecule has 2 fully saturated rings. The highest BCUT2D eigenvalue weighted by atomic mass is 16.2. The Labute approximate surface area is 135 Å². The molecule has 1 aromatic rings. The van der Waals surface area contributed by atoms with Crippen molar-refractivity contribution in [1.29, 1.82) is 0 Å². The number of urea groups is 1. The monoisotopic (exact) mass is 320 g/mol. The molecule has 8 nitrogen and oxygen atoms in total. The molecule has 2 saturated heterocycles. The fraction of sp³-hybridized carbons (Fsp3) is 0.667. The molecule has 0 unspecified atom stereocenters. The van der Waals surface area contributed by atoms with Crippen molar-refractivity contribution in [3.05, 3.63) is 18.2 Å². The van der Waals surface area contributed by atoms with Gasteiger partial charge in [0.05, 0.1) is 6.04 Å². The van der Waals surface area contributed by atoms with Gasteiger partial charge in [0.25, 0.3) is 0 Å². The smallest absolute Gasteiger partial charge is 0.318 e. The van der Waals surface area contributed by atoms with Gasteiger partial charge in [0.15, 0.2) is 0 Å². The number of aromatic amines is 1. The number of nitrogens with zero attached hydrogens (tertiary/aromatic N) is 4. The van der Waals surface area contributed by atoms with Crippen molar-refractivity contribution < 1.29 is 9.59 Å². The number of carbonyl (C=O) groups excluding carboxylic acids is 2. The minimum absolute atomic E-state index is 0.00636. The topological polar surface area (TPSA) is 84.6 Å². The molecule has 3 amide bonds. The molecule has 126 valence electrons. The van der Waals surface area contributed by atoms with Crippen LogP contribution in [-0.4, -0.2) is 82.4 Å². The minimum atomic E-state index is -0.390. The lowest BCUT2D eigenvalue weighted by Crippen LogP contribution is -2.55. The third-order valence-electron chi connectivity index (χ3n) is 4.74. The summed E-state index contributed by atoms with van der Waals surface area (Å²) in [7, 11) is 1.77. The first-order valence-corrected chi connectivity index (χ1v) is 8.14. The molecule has 0 saturated carbocycles. The van der Waals surface area contributed by atoms with Crippen LogP contribution in [0.15, 0.2) is 12.4 Å². The molecule has 0 aliphatic carbocycles. The second-order valence-corrected chi connectivity index (χ2v) is 6.12. The zero-order valence-electron chi connectivity index (χ0n) is 13.7. The summed E-state index contributed by atoms with van der Waals surface area (Å²) in [4.78, 5) is 37.7. The van der Waals surface area contributed by atoms with Gasteiger partial charge in [0.1, 0.15) is 11.9 Å². The number of amides is 3. The Bertz CT molecular complexity index is 560. The molecule has 2 aliphatic rings. The van der Waals surface area contributed by atoms with Crippen molar-refractivity contribution >= 4 is 11.9 Å². The zero-order chi connectivity index (χ0) is 16.4. The van der Waals surface area contributed by atoms with Crippen molar-refractivity contribution in [2.45, 2.75) is 25.4 Å². The standard InChI is InChI=1S/C15H24N6O2/c1-3-20-8-9-21(10-12(20)13-16-5-6-17-13)15(23)18-11-4-7-19(2)14(11)22/h5-6,11-12H,3-4,7-10H2,1-2H3,(H,16,17)(H,18,23)/t11-,12-/m0/s1. The number of carbonyl (C=O) groups is 2. The molecule has 3 heterocycles. The van der Waals surface area contributed by atoms with Crippen LogP contribution in [0, 0.1) is 0 Å². The van der Waals surface area contributed by atoms with Crippen LogP contribution in [0.4, 0.5) is 4.79 Å². The Morgan fingerprint density at radius 2 is 2.26 bits per heavy atom. The Kier molecular flexibility index (Phi) is 4.51. The van der Waals surface area contributed by atoms with E-state index in [2.05, 4.69) is 27.1 Å². The molecule has 0 radical (unpaired) electrons. The molecule has 2 N–H and O–H groups in total. The normalized spacial score (nSPS) is 25.9. The van der Waals surface area contributed by atoms with Crippen molar-refractivity contribution in [3.63, 3.8) is 0 Å². The van der Waals surface area contributed by atoms with Crippen LogP contribution in [0.25, 0.3) is 0 Å². The van der Waals surface area contributed by atoms with Crippen LogP contribution in [0.5, 0.6) is 0 Å². The maximum absolute atomic E-state index is 12.5. The zero-order valence-corrected chi connectivity index (χ0v) is 13.7. The predicted molar refractivity (Wildman–Crippen MR) is 84.7 cm³/mol. The van der Waals surface area contributed by atoms with E-state index in [0.29, 0.717) is 26.1 Å². The second-order valence-electron chi connectivity index (χ2n) is 6.12. The number of nitrogens with one attached hydrogen (secondary N) is 2. The quantitative estimate of drug-likeness (QED) is 0.823. The van der Waals surface area contributed by atoms with E-state index in [0.717, 1.165) is 18.9 Å². The maximum atomic E-state index is 12.5. The summed E-state index contributed by atoms with van der Waals surface area (Å²) in [5.74, 6) is 0.870. The summed E-state index contributed by atoms with van der Waals surface area (Å²) < 4.78 is 0. The highest BCUT2D eigenvalue weighted by Crippen LogP contribution is 2.22. The number of rotatable bonds is 3. The van der Waals surface area contributed by atoms with E-state index in [9.17, 15) is 9.59 Å². The highest BCUT2D eigenvalue weighted by Gasteiger charge is 2.35. The number of aromatic nitrogens is 2. The Morgan fingerprint density at radius 1 is 1.43 bits per heavy atom. The average Bonchev–Trinajstić information content (AvgIpc) is 3.20. The number of hydrogen-bond acceptors (Lipinski definition) is 4. The summed E-state index contributed by atoms with van der Waals surface area (Å²) in [5.41, 5.74) is 0. The van der Waals surface area contributed by atoms with Gasteiger partial charge < -0.3 is 20.1 Å². The van der Waals surface area contributed by atoms with Crippen LogP contribution in [-0.2, 0) is 4.79 Å². The van der Waals surface area contributed by atoms with Crippen LogP contribution >= 0.6 is 0 Å². The summed E-state index contributed by atoms with van der Waals surface area (Å²) in [6.07, 6.45) is 4.21. The summed E-state index contributed by atoms with van der Waals surface area (Å²) >= 11 is 0. The van der Waals surface area contributed by atoms with Crippen LogP contribution in [0.2, 0.25) is 0 Å². The predicted octanol–water partition coefficient (Wildman–Crippen LogP) is 0.0286. The maximum Gasteiger partial charge on any atom is 0.318 e. The molecule has 2 aliphatic heterocycles. The number of likely N-dealkylation sites (N-methyl/N-ethyl adjacent to an activating group) is 2. The average molecular weight is 320 g/mol. The lowest BCUT2D eigenvalue weighted by atomic mass is 10.1. The Balaban J connectivity index is 1.64. The molecule has 23 heavy (non-hydrogen) atoms. The van der Waals surface area contributed by atoms with Gasteiger partial charge in [-0.3, -0.25) is 9.69 Å². The van der Waals surface area contributed by atoms with Gasteiger partial charge in [-0.15, -0.1) is 0 Å². The minimum Gasteiger partial charge on any atom is -0.347 e. The van der Waals surface area contributed by atoms with E-state index in [1.165, 1.54) is 0 Å². The number of imidazole rings is 1. The first-order chi connectivity index (χ1) is 11.1. The van der Waals surface area contributed by atoms with E-state index in [-0.39, 0.29) is 18.0 Å². The molecule has 3 rings (SSSR count). The van der Waals surface area contributed by atoms with Crippen molar-refractivity contribution in [2.75, 3.05) is 39.8 Å².